The summed E-state index contributed by atoms with van der Waals surface area (Å²) >= 11 is 0. The van der Waals surface area contributed by atoms with Crippen molar-refractivity contribution in [3.8, 4) is 5.82 Å². The second-order valence-corrected chi connectivity index (χ2v) is 6.36. The fourth-order valence-electron chi connectivity index (χ4n) is 3.14. The van der Waals surface area contributed by atoms with Gasteiger partial charge in [0.15, 0.2) is 5.82 Å². The summed E-state index contributed by atoms with van der Waals surface area (Å²) in [6.45, 7) is 3.12. The topological polar surface area (TPSA) is 133 Å². The number of hydrogen-bond donors (Lipinski definition) is 2. The van der Waals surface area contributed by atoms with Crippen LogP contribution in [0.3, 0.4) is 0 Å². The molecule has 11 nitrogen and oxygen atoms in total. The largest absolute Gasteiger partial charge is 0.392 e. The maximum atomic E-state index is 12.9. The minimum absolute atomic E-state index is 0.148. The van der Waals surface area contributed by atoms with E-state index < -0.39 is 12.0 Å². The second-order valence-electron chi connectivity index (χ2n) is 6.36. The van der Waals surface area contributed by atoms with E-state index in [4.69, 9.17) is 0 Å². The van der Waals surface area contributed by atoms with Gasteiger partial charge in [-0.15, -0.1) is 5.10 Å². The number of nitrogens with zero attached hydrogens (tertiary/aromatic N) is 7. The number of rotatable bonds is 5. The van der Waals surface area contributed by atoms with Crippen molar-refractivity contribution in [2.24, 2.45) is 5.92 Å². The SMILES string of the molecule is CCCN(C)C(=O)[C@H]1CN(C(=O)c2cn[nH]c2-n2cnnn2)CC[C@H]1O. The van der Waals surface area contributed by atoms with Gasteiger partial charge in [-0.2, -0.15) is 9.78 Å². The van der Waals surface area contributed by atoms with E-state index in [0.717, 1.165) is 6.42 Å². The molecule has 140 valence electrons. The lowest BCUT2D eigenvalue weighted by Crippen LogP contribution is -2.52. The van der Waals surface area contributed by atoms with Gasteiger partial charge in [0.25, 0.3) is 5.91 Å². The van der Waals surface area contributed by atoms with E-state index in [2.05, 4.69) is 25.7 Å². The molecule has 1 aliphatic heterocycles. The van der Waals surface area contributed by atoms with Crippen molar-refractivity contribution in [3.63, 3.8) is 0 Å². The third-order valence-corrected chi connectivity index (χ3v) is 4.54. The molecule has 0 bridgehead atoms. The maximum Gasteiger partial charge on any atom is 0.259 e. The first-order valence-corrected chi connectivity index (χ1v) is 8.52. The van der Waals surface area contributed by atoms with Crippen molar-refractivity contribution < 1.29 is 14.7 Å². The number of aliphatic hydroxyl groups excluding tert-OH is 1. The monoisotopic (exact) mass is 362 g/mol. The highest BCUT2D eigenvalue weighted by Gasteiger charge is 2.37. The van der Waals surface area contributed by atoms with E-state index in [1.165, 1.54) is 17.2 Å². The molecule has 1 fully saturated rings. The summed E-state index contributed by atoms with van der Waals surface area (Å²) in [4.78, 5) is 28.7. The Labute approximate surface area is 150 Å². The minimum atomic E-state index is -0.755. The van der Waals surface area contributed by atoms with E-state index in [9.17, 15) is 14.7 Å². The van der Waals surface area contributed by atoms with Crippen molar-refractivity contribution in [1.82, 2.24) is 40.2 Å². The molecule has 2 amide bonds. The number of hydrogen-bond acceptors (Lipinski definition) is 7. The van der Waals surface area contributed by atoms with Crippen molar-refractivity contribution in [2.45, 2.75) is 25.9 Å². The highest BCUT2D eigenvalue weighted by atomic mass is 16.3. The van der Waals surface area contributed by atoms with Gasteiger partial charge in [0.1, 0.15) is 11.9 Å². The standard InChI is InChI=1S/C15H22N8O3/c1-3-5-21(2)14(25)11-8-22(6-4-12(11)24)15(26)10-7-16-18-13(10)23-9-17-19-20-23/h7,9,11-12,24H,3-6,8H2,1-2H3,(H,16,18)/t11-,12+/m0/s1. The number of nitrogens with one attached hydrogen (secondary N) is 1. The predicted octanol–water partition coefficient (Wildman–Crippen LogP) is -0.923. The number of carbonyl (C=O) groups is 2. The summed E-state index contributed by atoms with van der Waals surface area (Å²) in [6.07, 6.45) is 3.19. The number of aliphatic hydroxyl groups is 1. The van der Waals surface area contributed by atoms with Crippen LogP contribution >= 0.6 is 0 Å². The molecule has 0 spiro atoms. The smallest absolute Gasteiger partial charge is 0.259 e. The van der Waals surface area contributed by atoms with Crippen molar-refractivity contribution in [2.75, 3.05) is 26.7 Å². The van der Waals surface area contributed by atoms with E-state index in [-0.39, 0.29) is 18.4 Å². The summed E-state index contributed by atoms with van der Waals surface area (Å²) in [7, 11) is 1.71. The average molecular weight is 362 g/mol. The summed E-state index contributed by atoms with van der Waals surface area (Å²) < 4.78 is 1.32. The van der Waals surface area contributed by atoms with Crippen molar-refractivity contribution >= 4 is 11.8 Å². The van der Waals surface area contributed by atoms with Gasteiger partial charge in [-0.3, -0.25) is 14.7 Å². The molecule has 2 N–H and O–H groups in total. The van der Waals surface area contributed by atoms with Crippen LogP contribution in [0.4, 0.5) is 0 Å². The molecule has 3 rings (SSSR count). The Bertz CT molecular complexity index is 759. The fourth-order valence-corrected chi connectivity index (χ4v) is 3.14. The Hall–Kier alpha value is -2.82. The molecule has 0 saturated carbocycles. The van der Waals surface area contributed by atoms with E-state index in [0.29, 0.717) is 30.9 Å². The molecule has 1 aliphatic rings. The lowest BCUT2D eigenvalue weighted by Gasteiger charge is -2.37. The predicted molar refractivity (Wildman–Crippen MR) is 89.2 cm³/mol. The van der Waals surface area contributed by atoms with Gasteiger partial charge in [-0.05, 0) is 23.3 Å². The second kappa shape index (κ2) is 7.60. The molecule has 0 unspecified atom stereocenters. The van der Waals surface area contributed by atoms with E-state index in [1.807, 2.05) is 6.92 Å². The number of H-pyrrole nitrogens is 1. The van der Waals surface area contributed by atoms with Crippen LogP contribution < -0.4 is 0 Å². The van der Waals surface area contributed by atoms with Gasteiger partial charge in [0, 0.05) is 26.7 Å². The van der Waals surface area contributed by atoms with Crippen LogP contribution in [0.5, 0.6) is 0 Å². The maximum absolute atomic E-state index is 12.9. The minimum Gasteiger partial charge on any atom is -0.392 e. The first-order valence-electron chi connectivity index (χ1n) is 8.52. The molecule has 0 aromatic carbocycles. The lowest BCUT2D eigenvalue weighted by molar-refractivity contribution is -0.140. The first-order chi connectivity index (χ1) is 12.5. The summed E-state index contributed by atoms with van der Waals surface area (Å²) in [6, 6.07) is 0. The zero-order chi connectivity index (χ0) is 18.7. The molecular weight excluding hydrogens is 340 g/mol. The van der Waals surface area contributed by atoms with Gasteiger partial charge in [-0.25, -0.2) is 0 Å². The van der Waals surface area contributed by atoms with Gasteiger partial charge in [0.2, 0.25) is 5.91 Å². The fraction of sp³-hybridized carbons (Fsp3) is 0.600. The lowest BCUT2D eigenvalue weighted by atomic mass is 9.93. The van der Waals surface area contributed by atoms with Crippen LogP contribution in [0, 0.1) is 5.92 Å². The average Bonchev–Trinajstić information content (AvgIpc) is 3.32. The number of piperidine rings is 1. The molecule has 26 heavy (non-hydrogen) atoms. The van der Waals surface area contributed by atoms with Crippen LogP contribution in [-0.2, 0) is 4.79 Å². The Morgan fingerprint density at radius 3 is 2.96 bits per heavy atom. The highest BCUT2D eigenvalue weighted by Crippen LogP contribution is 2.22. The molecule has 0 radical (unpaired) electrons. The number of aromatic amines is 1. The Kier molecular flexibility index (Phi) is 5.26. The quantitative estimate of drug-likeness (QED) is 0.702. The molecule has 2 atom stereocenters. The summed E-state index contributed by atoms with van der Waals surface area (Å²) in [5.41, 5.74) is 0.307. The van der Waals surface area contributed by atoms with Gasteiger partial charge in [0.05, 0.1) is 18.2 Å². The number of amides is 2. The van der Waals surface area contributed by atoms with E-state index in [1.54, 1.807) is 16.8 Å². The van der Waals surface area contributed by atoms with Crippen molar-refractivity contribution in [3.05, 3.63) is 18.1 Å². The summed E-state index contributed by atoms with van der Waals surface area (Å²) in [5.74, 6) is -0.707. The van der Waals surface area contributed by atoms with Gasteiger partial charge < -0.3 is 14.9 Å². The van der Waals surface area contributed by atoms with Crippen LogP contribution in [0.15, 0.2) is 12.5 Å². The third kappa shape index (κ3) is 3.43. The van der Waals surface area contributed by atoms with Crippen molar-refractivity contribution in [1.29, 1.82) is 0 Å². The summed E-state index contributed by atoms with van der Waals surface area (Å²) in [5, 5.41) is 27.7. The number of tetrazole rings is 1. The van der Waals surface area contributed by atoms with E-state index >= 15 is 0 Å². The highest BCUT2D eigenvalue weighted by molar-refractivity contribution is 5.97. The number of aromatic nitrogens is 6. The zero-order valence-electron chi connectivity index (χ0n) is 14.7. The van der Waals surface area contributed by atoms with Crippen LogP contribution in [-0.4, -0.2) is 89.9 Å². The molecule has 2 aromatic rings. The van der Waals surface area contributed by atoms with Crippen LogP contribution in [0.2, 0.25) is 0 Å². The Morgan fingerprint density at radius 2 is 2.27 bits per heavy atom. The van der Waals surface area contributed by atoms with Gasteiger partial charge >= 0.3 is 0 Å². The molecule has 1 saturated heterocycles. The third-order valence-electron chi connectivity index (χ3n) is 4.54. The molecule has 0 aliphatic carbocycles. The molecule has 11 heteroatoms. The van der Waals surface area contributed by atoms with Crippen LogP contribution in [0.1, 0.15) is 30.1 Å². The molecular formula is C15H22N8O3. The zero-order valence-corrected chi connectivity index (χ0v) is 14.7. The molecule has 2 aromatic heterocycles. The normalized spacial score (nSPS) is 20.2. The molecule has 3 heterocycles. The number of carbonyl (C=O) groups excluding carboxylic acids is 2. The van der Waals surface area contributed by atoms with Gasteiger partial charge in [-0.1, -0.05) is 6.92 Å². The Morgan fingerprint density at radius 1 is 1.46 bits per heavy atom. The van der Waals surface area contributed by atoms with Crippen LogP contribution in [0.25, 0.3) is 5.82 Å². The number of likely N-dealkylation sites (tertiary alicyclic amines) is 1. The first kappa shape index (κ1) is 18.0. The Balaban J connectivity index is 1.77.